The van der Waals surface area contributed by atoms with E-state index in [1.807, 2.05) is 21.6 Å². The van der Waals surface area contributed by atoms with Crippen LogP contribution in [0.15, 0.2) is 11.6 Å². The van der Waals surface area contributed by atoms with Gasteiger partial charge in [0.1, 0.15) is 0 Å². The highest BCUT2D eigenvalue weighted by Crippen LogP contribution is 2.67. The molecule has 0 saturated heterocycles. The fraction of sp³-hybridized carbons (Fsp3) is 0.875. The third-order valence-electron chi connectivity index (χ3n) is 13.6. The maximum Gasteiger partial charge on any atom is 0.404 e. The molecule has 4 rings (SSSR count). The largest absolute Gasteiger partial charge is 0.465 e. The van der Waals surface area contributed by atoms with Gasteiger partial charge in [0.25, 0.3) is 0 Å². The van der Waals surface area contributed by atoms with Gasteiger partial charge in [-0.05, 0) is 124 Å². The van der Waals surface area contributed by atoms with Crippen LogP contribution in [0, 0.1) is 46.3 Å². The zero-order valence-corrected chi connectivity index (χ0v) is 33.8. The summed E-state index contributed by atoms with van der Waals surface area (Å²) < 4.78 is 0. The van der Waals surface area contributed by atoms with E-state index in [4.69, 9.17) is 10.2 Å². The van der Waals surface area contributed by atoms with Gasteiger partial charge >= 0.3 is 12.2 Å². The second-order valence-corrected chi connectivity index (χ2v) is 20.3. The molecule has 3 saturated carbocycles. The molecule has 4 aliphatic rings. The van der Waals surface area contributed by atoms with E-state index in [0.29, 0.717) is 48.4 Å². The minimum Gasteiger partial charge on any atom is -0.465 e. The van der Waals surface area contributed by atoms with E-state index in [0.717, 1.165) is 41.3 Å². The smallest absolute Gasteiger partial charge is 0.404 e. The van der Waals surface area contributed by atoms with Crippen LogP contribution in [0.1, 0.15) is 138 Å². The van der Waals surface area contributed by atoms with Crippen molar-refractivity contribution in [3.63, 3.8) is 0 Å². The van der Waals surface area contributed by atoms with Crippen LogP contribution in [0.25, 0.3) is 0 Å². The lowest BCUT2D eigenvalue weighted by atomic mass is 9.47. The van der Waals surface area contributed by atoms with Crippen molar-refractivity contribution in [1.82, 2.24) is 15.5 Å². The Bertz CT molecular complexity index is 1160. The minimum atomic E-state index is -1.07. The molecule has 10 heteroatoms. The lowest BCUT2D eigenvalue weighted by Gasteiger charge is -2.58. The van der Waals surface area contributed by atoms with E-state index < -0.39 is 12.2 Å². The van der Waals surface area contributed by atoms with E-state index >= 15 is 0 Å². The molecule has 10 atom stereocenters. The molecule has 0 aromatic rings. The topological polar surface area (TPSA) is 119 Å². The van der Waals surface area contributed by atoms with Gasteiger partial charge in [-0.15, -0.1) is 0 Å². The van der Waals surface area contributed by atoms with Gasteiger partial charge in [-0.3, -0.25) is 4.79 Å². The molecule has 3 amide bonds. The fourth-order valence-electron chi connectivity index (χ4n) is 10.8. The zero-order chi connectivity index (χ0) is 36.6. The van der Waals surface area contributed by atoms with Gasteiger partial charge in [-0.1, -0.05) is 87.1 Å². The lowest BCUT2D eigenvalue weighted by Crippen LogP contribution is -2.50. The minimum absolute atomic E-state index is 0.0452. The summed E-state index contributed by atoms with van der Waals surface area (Å²) in [6.45, 7) is 17.1. The number of carbonyl (C=O) groups is 3. The fourth-order valence-corrected chi connectivity index (χ4v) is 13.4. The summed E-state index contributed by atoms with van der Waals surface area (Å²) in [5.41, 5.74) is 2.60. The van der Waals surface area contributed by atoms with Crippen molar-refractivity contribution in [2.45, 2.75) is 156 Å². The average Bonchev–Trinajstić information content (AvgIpc) is 3.39. The van der Waals surface area contributed by atoms with Crippen molar-refractivity contribution in [2.24, 2.45) is 46.3 Å². The molecule has 50 heavy (non-hydrogen) atoms. The summed E-state index contributed by atoms with van der Waals surface area (Å²) in [6.07, 6.45) is 16.8. The van der Waals surface area contributed by atoms with Crippen LogP contribution >= 0.6 is 21.6 Å². The first-order chi connectivity index (χ1) is 23.6. The predicted octanol–water partition coefficient (Wildman–Crippen LogP) is 10.1. The Kier molecular flexibility index (Phi) is 15.2. The van der Waals surface area contributed by atoms with Crippen molar-refractivity contribution in [2.75, 3.05) is 18.8 Å². The molecular formula is C40H69N3O5S2. The van der Waals surface area contributed by atoms with Crippen LogP contribution in [-0.2, 0) is 4.79 Å². The Balaban J connectivity index is 1.26. The lowest BCUT2D eigenvalue weighted by molar-refractivity contribution is -0.131. The maximum atomic E-state index is 13.3. The standard InChI is InChI=1S/C40H69N3O5S2/c1-26(2)9-8-10-27(3)33-13-14-34-32-12-11-30-25-31(15-20-39(30,6)35(32)16-21-40(33,34)7)50-49-24-19-36(44)43(22-17-28(4)41-37(45)46)23-18-29(5)42-38(47)48/h11,26-29,31-35,41-42H,8-10,12-25H2,1-7H3,(H,45,46)(H,47,48)/t27?,28?,29?,31-,32-,33+,34-,35-,39-,40+/m0/s1. The Morgan fingerprint density at radius 1 is 0.880 bits per heavy atom. The summed E-state index contributed by atoms with van der Waals surface area (Å²) in [5.74, 6) is 5.92. The van der Waals surface area contributed by atoms with Gasteiger partial charge in [0.15, 0.2) is 0 Å². The molecule has 0 aromatic heterocycles. The summed E-state index contributed by atoms with van der Waals surface area (Å²) in [5, 5.41) is 23.6. The number of nitrogens with zero attached hydrogens (tertiary/aromatic N) is 1. The van der Waals surface area contributed by atoms with Crippen LogP contribution in [-0.4, -0.2) is 69.4 Å². The molecule has 0 heterocycles. The van der Waals surface area contributed by atoms with Gasteiger partial charge in [-0.25, -0.2) is 9.59 Å². The van der Waals surface area contributed by atoms with E-state index in [1.54, 1.807) is 24.3 Å². The highest BCUT2D eigenvalue weighted by atomic mass is 33.1. The van der Waals surface area contributed by atoms with Gasteiger partial charge < -0.3 is 25.7 Å². The van der Waals surface area contributed by atoms with E-state index in [1.165, 1.54) is 70.6 Å². The first kappa shape index (κ1) is 41.2. The third-order valence-corrected chi connectivity index (χ3v) is 16.5. The number of carbonyl (C=O) groups excluding carboxylic acids is 1. The Hall–Kier alpha value is -1.55. The molecule has 0 bridgehead atoms. The highest BCUT2D eigenvalue weighted by molar-refractivity contribution is 8.76. The third kappa shape index (κ3) is 10.5. The normalized spacial score (nSPS) is 32.2. The number of nitrogens with one attached hydrogen (secondary N) is 2. The van der Waals surface area contributed by atoms with Crippen molar-refractivity contribution in [1.29, 1.82) is 0 Å². The molecular weight excluding hydrogens is 667 g/mol. The summed E-state index contributed by atoms with van der Waals surface area (Å²) >= 11 is 0. The molecule has 0 aromatic carbocycles. The van der Waals surface area contributed by atoms with E-state index in [9.17, 15) is 14.4 Å². The Morgan fingerprint density at radius 2 is 1.54 bits per heavy atom. The van der Waals surface area contributed by atoms with E-state index in [2.05, 4.69) is 51.3 Å². The number of rotatable bonds is 18. The predicted molar refractivity (Wildman–Crippen MR) is 209 cm³/mol. The number of amides is 3. The van der Waals surface area contributed by atoms with Gasteiger partial charge in [-0.2, -0.15) is 0 Å². The van der Waals surface area contributed by atoms with Crippen LogP contribution in [0.5, 0.6) is 0 Å². The Morgan fingerprint density at radius 3 is 2.16 bits per heavy atom. The molecule has 4 N–H and O–H groups in total. The monoisotopic (exact) mass is 735 g/mol. The first-order valence-corrected chi connectivity index (χ1v) is 22.3. The number of hydrogen-bond acceptors (Lipinski definition) is 5. The van der Waals surface area contributed by atoms with Crippen LogP contribution in [0.2, 0.25) is 0 Å². The summed E-state index contributed by atoms with van der Waals surface area (Å²) in [6, 6.07) is -0.546. The van der Waals surface area contributed by atoms with Crippen LogP contribution in [0.4, 0.5) is 9.59 Å². The number of hydrogen-bond donors (Lipinski definition) is 4. The molecule has 3 fully saturated rings. The summed E-state index contributed by atoms with van der Waals surface area (Å²) in [4.78, 5) is 37.1. The highest BCUT2D eigenvalue weighted by Gasteiger charge is 2.59. The number of carboxylic acid groups (broad SMARTS) is 2. The Labute approximate surface area is 311 Å². The second kappa shape index (κ2) is 18.5. The SMILES string of the molecule is CC(C)CCCC(C)[C@H]1CC[C@H]2[C@@H]3CC=C4C[C@@H](SSCCC(=O)N(CCC(C)NC(=O)O)CCC(C)NC(=O)O)CC[C@]4(C)[C@H]3CC[C@]12C. The van der Waals surface area contributed by atoms with Crippen LogP contribution < -0.4 is 10.6 Å². The van der Waals surface area contributed by atoms with Gasteiger partial charge in [0.2, 0.25) is 5.91 Å². The molecule has 0 spiro atoms. The van der Waals surface area contributed by atoms with E-state index in [-0.39, 0.29) is 18.0 Å². The molecule has 0 radical (unpaired) electrons. The first-order valence-electron chi connectivity index (χ1n) is 19.9. The van der Waals surface area contributed by atoms with Crippen molar-refractivity contribution < 1.29 is 24.6 Å². The second-order valence-electron chi connectivity index (χ2n) is 17.5. The quantitative estimate of drug-likeness (QED) is 0.0629. The number of fused-ring (bicyclic) bond motifs is 5. The molecule has 286 valence electrons. The molecule has 4 aliphatic carbocycles. The average molecular weight is 736 g/mol. The molecule has 3 unspecified atom stereocenters. The maximum absolute atomic E-state index is 13.3. The van der Waals surface area contributed by atoms with Crippen molar-refractivity contribution >= 4 is 39.7 Å². The van der Waals surface area contributed by atoms with Crippen LogP contribution in [0.3, 0.4) is 0 Å². The van der Waals surface area contributed by atoms with Crippen molar-refractivity contribution in [3.8, 4) is 0 Å². The molecule has 0 aliphatic heterocycles. The summed E-state index contributed by atoms with van der Waals surface area (Å²) in [7, 11) is 3.78. The van der Waals surface area contributed by atoms with Gasteiger partial charge in [0, 0.05) is 42.6 Å². The zero-order valence-electron chi connectivity index (χ0n) is 32.2. The number of allylic oxidation sites excluding steroid dienone is 2. The molecule has 8 nitrogen and oxygen atoms in total. The van der Waals surface area contributed by atoms with Gasteiger partial charge in [0.05, 0.1) is 0 Å². The van der Waals surface area contributed by atoms with Crippen molar-refractivity contribution in [3.05, 3.63) is 11.6 Å².